The fraction of sp³-hybridized carbons (Fsp3) is 0.469. The zero-order chi connectivity index (χ0) is 37.8. The van der Waals surface area contributed by atoms with Gasteiger partial charge in [0.1, 0.15) is 4.88 Å². The van der Waals surface area contributed by atoms with Crippen LogP contribution < -0.4 is 4.74 Å². The Morgan fingerprint density at radius 3 is 1.66 bits per heavy atom. The second-order valence-corrected chi connectivity index (χ2v) is 18.7. The highest BCUT2D eigenvalue weighted by molar-refractivity contribution is 8.13. The van der Waals surface area contributed by atoms with E-state index >= 15 is 8.78 Å². The summed E-state index contributed by atoms with van der Waals surface area (Å²) in [5.41, 5.74) is -5.82. The minimum Gasteiger partial charge on any atom is -0.416 e. The van der Waals surface area contributed by atoms with E-state index in [1.807, 2.05) is 41.5 Å². The summed E-state index contributed by atoms with van der Waals surface area (Å²) in [6, 6.07) is 3.81. The van der Waals surface area contributed by atoms with E-state index in [1.165, 1.54) is 0 Å². The molecular formula is C32H34F7O7PS3. The van der Waals surface area contributed by atoms with E-state index in [9.17, 15) is 40.9 Å². The summed E-state index contributed by atoms with van der Waals surface area (Å²) >= 11 is 2.23. The van der Waals surface area contributed by atoms with Crippen molar-refractivity contribution in [1.82, 2.24) is 0 Å². The molecule has 3 aromatic rings. The molecule has 1 aromatic heterocycles. The van der Waals surface area contributed by atoms with Gasteiger partial charge in [-0.15, -0.1) is 11.3 Å². The molecule has 0 bridgehead atoms. The molecule has 0 unspecified atom stereocenters. The van der Waals surface area contributed by atoms with E-state index in [4.69, 9.17) is 9.05 Å². The van der Waals surface area contributed by atoms with Gasteiger partial charge in [0, 0.05) is 34.6 Å². The number of esters is 1. The molecule has 0 amide bonds. The van der Waals surface area contributed by atoms with Gasteiger partial charge < -0.3 is 13.8 Å². The van der Waals surface area contributed by atoms with Gasteiger partial charge in [0.05, 0.1) is 13.2 Å². The Labute approximate surface area is 296 Å². The minimum atomic E-state index is -5.36. The Kier molecular flexibility index (Phi) is 13.9. The molecule has 0 saturated heterocycles. The first-order valence-corrected chi connectivity index (χ1v) is 19.1. The van der Waals surface area contributed by atoms with Crippen LogP contribution >= 0.6 is 42.5 Å². The molecule has 0 fully saturated rings. The number of ether oxygens (including phenoxy) is 1. The van der Waals surface area contributed by atoms with Crippen LogP contribution in [0.25, 0.3) is 10.1 Å². The van der Waals surface area contributed by atoms with Crippen LogP contribution in [0.3, 0.4) is 0 Å². The van der Waals surface area contributed by atoms with Gasteiger partial charge in [-0.05, 0) is 34.4 Å². The van der Waals surface area contributed by atoms with Gasteiger partial charge in [0.15, 0.2) is 10.2 Å². The molecule has 0 aliphatic rings. The van der Waals surface area contributed by atoms with Gasteiger partial charge in [-0.25, -0.2) is 18.0 Å². The molecule has 50 heavy (non-hydrogen) atoms. The molecule has 0 aliphatic carbocycles. The van der Waals surface area contributed by atoms with E-state index in [-0.39, 0.29) is 55.5 Å². The van der Waals surface area contributed by atoms with Crippen molar-refractivity contribution in [3.63, 3.8) is 0 Å². The summed E-state index contributed by atoms with van der Waals surface area (Å²) in [5.74, 6) is -15.5. The van der Waals surface area contributed by atoms with Gasteiger partial charge in [0.2, 0.25) is 34.8 Å². The number of halogens is 7. The number of carbonyl (C=O) groups is 3. The van der Waals surface area contributed by atoms with E-state index < -0.39 is 77.7 Å². The Morgan fingerprint density at radius 1 is 0.740 bits per heavy atom. The van der Waals surface area contributed by atoms with E-state index in [2.05, 4.69) is 4.74 Å². The van der Waals surface area contributed by atoms with Crippen LogP contribution in [-0.4, -0.2) is 40.9 Å². The zero-order valence-electron chi connectivity index (χ0n) is 27.7. The number of hydrogen-bond donors (Lipinski definition) is 0. The lowest BCUT2D eigenvalue weighted by Crippen LogP contribution is -2.20. The van der Waals surface area contributed by atoms with Crippen molar-refractivity contribution in [2.75, 3.05) is 24.7 Å². The monoisotopic (exact) mass is 790 g/mol. The predicted molar refractivity (Wildman–Crippen MR) is 179 cm³/mol. The predicted octanol–water partition coefficient (Wildman–Crippen LogP) is 10.5. The number of carbonyl (C=O) groups excluding carboxylic acids is 3. The number of alkyl halides is 2. The Hall–Kier alpha value is -2.43. The van der Waals surface area contributed by atoms with E-state index in [0.717, 1.165) is 47.8 Å². The lowest BCUT2D eigenvalue weighted by molar-refractivity contribution is -0.113. The van der Waals surface area contributed by atoms with Crippen LogP contribution in [0, 0.1) is 39.9 Å². The Bertz CT molecular complexity index is 1730. The van der Waals surface area contributed by atoms with Gasteiger partial charge >= 0.3 is 19.2 Å². The van der Waals surface area contributed by atoms with Crippen molar-refractivity contribution < 1.29 is 63.5 Å². The fourth-order valence-corrected chi connectivity index (χ4v) is 8.64. The summed E-state index contributed by atoms with van der Waals surface area (Å²) in [5, 5.41) is -0.515. The maximum absolute atomic E-state index is 16.1. The smallest absolute Gasteiger partial charge is 0.404 e. The first kappa shape index (κ1) is 42.0. The molecule has 7 nitrogen and oxygen atoms in total. The minimum absolute atomic E-state index is 0.0604. The number of hydrogen-bond acceptors (Lipinski definition) is 10. The molecule has 0 spiro atoms. The zero-order valence-corrected chi connectivity index (χ0v) is 31.1. The molecule has 0 aliphatic heterocycles. The molecular weight excluding hydrogens is 757 g/mol. The van der Waals surface area contributed by atoms with E-state index in [0.29, 0.717) is 11.3 Å². The first-order valence-electron chi connectivity index (χ1n) is 14.8. The maximum Gasteiger partial charge on any atom is 0.404 e. The van der Waals surface area contributed by atoms with Crippen molar-refractivity contribution in [3.05, 3.63) is 63.8 Å². The van der Waals surface area contributed by atoms with Crippen LogP contribution in [0.1, 0.15) is 69.6 Å². The van der Waals surface area contributed by atoms with Crippen molar-refractivity contribution in [1.29, 1.82) is 0 Å². The normalized spacial score (nSPS) is 12.8. The number of fused-ring (bicyclic) bond motifs is 1. The third-order valence-corrected chi connectivity index (χ3v) is 11.1. The van der Waals surface area contributed by atoms with E-state index in [1.54, 1.807) is 0 Å². The Balaban J connectivity index is 1.85. The highest BCUT2D eigenvalue weighted by Gasteiger charge is 2.55. The fourth-order valence-electron chi connectivity index (χ4n) is 4.10. The van der Waals surface area contributed by atoms with Crippen LogP contribution in [0.4, 0.5) is 30.7 Å². The van der Waals surface area contributed by atoms with Crippen LogP contribution in [0.15, 0.2) is 24.3 Å². The molecule has 2 aromatic carbocycles. The molecule has 0 saturated carbocycles. The largest absolute Gasteiger partial charge is 0.416 e. The summed E-state index contributed by atoms with van der Waals surface area (Å²) in [6.45, 7) is 9.96. The van der Waals surface area contributed by atoms with Crippen molar-refractivity contribution in [3.8, 4) is 5.75 Å². The summed E-state index contributed by atoms with van der Waals surface area (Å²) < 4.78 is 129. The van der Waals surface area contributed by atoms with Crippen LogP contribution in [0.5, 0.6) is 5.75 Å². The summed E-state index contributed by atoms with van der Waals surface area (Å²) in [4.78, 5) is 36.6. The number of thioether (sulfide) groups is 2. The van der Waals surface area contributed by atoms with Gasteiger partial charge in [-0.2, -0.15) is 17.6 Å². The summed E-state index contributed by atoms with van der Waals surface area (Å²) in [6.07, 6.45) is 0.388. The number of benzene rings is 2. The van der Waals surface area contributed by atoms with Gasteiger partial charge in [-0.3, -0.25) is 14.2 Å². The average Bonchev–Trinajstić information content (AvgIpc) is 3.44. The molecule has 0 radical (unpaired) electrons. The summed E-state index contributed by atoms with van der Waals surface area (Å²) in [7, 11) is -5.36. The van der Waals surface area contributed by atoms with Crippen LogP contribution in [-0.2, 0) is 28.9 Å². The molecule has 3 rings (SSSR count). The van der Waals surface area contributed by atoms with Crippen LogP contribution in [0.2, 0.25) is 0 Å². The molecule has 18 heteroatoms. The van der Waals surface area contributed by atoms with Crippen molar-refractivity contribution in [2.24, 2.45) is 10.8 Å². The third kappa shape index (κ3) is 10.8. The standard InChI is InChI=1S/C32H34F7O7PS3/c1-30(2,3)15-21(40)48-11-9-44-47(43,45-10-12-49-22(41)16-31(4,5)6)32(38,39)18-7-8-19-17(13-18)14-20(50-19)29(42)46-28-26(36)24(34)23(33)25(35)27(28)37/h7-8,13-14H,9-12,15-16H2,1-6H3. The number of thiophene rings is 1. The molecule has 276 valence electrons. The second-order valence-electron chi connectivity index (χ2n) is 13.3. The topological polar surface area (TPSA) is 96.0 Å². The first-order chi connectivity index (χ1) is 23.0. The van der Waals surface area contributed by atoms with Gasteiger partial charge in [-0.1, -0.05) is 71.1 Å². The molecule has 1 heterocycles. The quantitative estimate of drug-likeness (QED) is 0.0301. The lowest BCUT2D eigenvalue weighted by atomic mass is 9.93. The maximum atomic E-state index is 16.1. The third-order valence-electron chi connectivity index (χ3n) is 6.34. The lowest BCUT2D eigenvalue weighted by Gasteiger charge is -2.27. The second kappa shape index (κ2) is 16.5. The van der Waals surface area contributed by atoms with Crippen molar-refractivity contribution in [2.45, 2.75) is 60.0 Å². The SMILES string of the molecule is CC(C)(C)CC(=O)SCCOP(=O)(OCCSC(=O)CC(C)(C)C)C(F)(F)c1ccc2sc(C(=O)Oc3c(F)c(F)c(F)c(F)c3F)cc2c1. The molecule has 0 atom stereocenters. The highest BCUT2D eigenvalue weighted by atomic mass is 32.2. The highest BCUT2D eigenvalue weighted by Crippen LogP contribution is 2.67. The van der Waals surface area contributed by atoms with Gasteiger partial charge in [0.25, 0.3) is 0 Å². The average molecular weight is 791 g/mol. The Morgan fingerprint density at radius 2 is 1.20 bits per heavy atom. The molecule has 0 N–H and O–H groups in total. The van der Waals surface area contributed by atoms with Crippen molar-refractivity contribution >= 4 is 68.7 Å². The number of rotatable bonds is 14.